The van der Waals surface area contributed by atoms with Gasteiger partial charge in [-0.15, -0.1) is 0 Å². The maximum absolute atomic E-state index is 6.50. The quantitative estimate of drug-likeness (QED) is 0.199. The van der Waals surface area contributed by atoms with E-state index in [0.29, 0.717) is 24.2 Å². The molecule has 7 nitrogen and oxygen atoms in total. The summed E-state index contributed by atoms with van der Waals surface area (Å²) in [7, 11) is 0. The largest absolute Gasteiger partial charge is 0.377 e. The third-order valence-corrected chi connectivity index (χ3v) is 9.19. The number of rotatable bonds is 6. The van der Waals surface area contributed by atoms with Gasteiger partial charge in [0, 0.05) is 36.7 Å². The SMILES string of the molecule is Cc1cccc(-c2cc3nc(N4CCOC[C@H]4c4ccccc4)n(CC4CCC(C)CC4)c3c(-c3cncc(Cl)c3)n2)n1. The lowest BCUT2D eigenvalue weighted by Crippen LogP contribution is -2.41. The van der Waals surface area contributed by atoms with E-state index in [1.165, 1.54) is 31.2 Å². The first-order valence-electron chi connectivity index (χ1n) is 15.4. The van der Waals surface area contributed by atoms with Crippen LogP contribution >= 0.6 is 11.6 Å². The van der Waals surface area contributed by atoms with Crippen molar-refractivity contribution in [2.24, 2.45) is 11.8 Å². The number of imidazole rings is 1. The van der Waals surface area contributed by atoms with E-state index in [-0.39, 0.29) is 6.04 Å². The standard InChI is InChI=1S/C35H37ClN6O/c1-23-11-13-25(14-12-23)21-42-34-31(40-35(42)41-15-16-43-22-32(41)26-8-4-3-5-9-26)18-30(29-10-6-7-24(2)38-29)39-33(34)27-17-28(36)20-37-19-27/h3-10,17-20,23,25,32H,11-16,21-22H2,1-2H3/t23?,25?,32-/m0/s1. The smallest absolute Gasteiger partial charge is 0.207 e. The molecule has 220 valence electrons. The van der Waals surface area contributed by atoms with Gasteiger partial charge < -0.3 is 14.2 Å². The molecule has 1 atom stereocenters. The van der Waals surface area contributed by atoms with E-state index in [9.17, 15) is 0 Å². The molecular weight excluding hydrogens is 556 g/mol. The fourth-order valence-electron chi connectivity index (χ4n) is 6.66. The lowest BCUT2D eigenvalue weighted by Gasteiger charge is -2.37. The Morgan fingerprint density at radius 1 is 0.907 bits per heavy atom. The number of benzene rings is 1. The summed E-state index contributed by atoms with van der Waals surface area (Å²) in [5, 5.41) is 0.580. The summed E-state index contributed by atoms with van der Waals surface area (Å²) in [5.41, 5.74) is 7.42. The molecule has 1 aliphatic carbocycles. The van der Waals surface area contributed by atoms with Crippen LogP contribution in [0.25, 0.3) is 33.7 Å². The molecule has 2 fully saturated rings. The Labute approximate surface area is 257 Å². The van der Waals surface area contributed by atoms with Crippen LogP contribution in [0.3, 0.4) is 0 Å². The van der Waals surface area contributed by atoms with Gasteiger partial charge in [0.1, 0.15) is 0 Å². The molecule has 0 spiro atoms. The molecule has 5 aromatic rings. The summed E-state index contributed by atoms with van der Waals surface area (Å²) < 4.78 is 8.47. The van der Waals surface area contributed by atoms with Gasteiger partial charge in [0.05, 0.1) is 52.4 Å². The van der Waals surface area contributed by atoms with Crippen LogP contribution in [0.1, 0.15) is 49.9 Å². The first-order valence-corrected chi connectivity index (χ1v) is 15.8. The highest BCUT2D eigenvalue weighted by Crippen LogP contribution is 2.39. The van der Waals surface area contributed by atoms with Crippen LogP contribution in [0.15, 0.2) is 73.1 Å². The third-order valence-electron chi connectivity index (χ3n) is 8.98. The molecule has 2 aliphatic rings. The number of aryl methyl sites for hydroxylation is 1. The minimum Gasteiger partial charge on any atom is -0.377 e. The zero-order chi connectivity index (χ0) is 29.3. The molecule has 1 aliphatic heterocycles. The summed E-state index contributed by atoms with van der Waals surface area (Å²) in [6.45, 7) is 7.32. The predicted molar refractivity (Wildman–Crippen MR) is 172 cm³/mol. The first-order chi connectivity index (χ1) is 21.0. The number of aromatic nitrogens is 5. The maximum atomic E-state index is 6.50. The van der Waals surface area contributed by atoms with E-state index in [1.807, 2.05) is 37.4 Å². The van der Waals surface area contributed by atoms with E-state index in [1.54, 1.807) is 6.20 Å². The van der Waals surface area contributed by atoms with E-state index in [0.717, 1.165) is 64.3 Å². The molecule has 0 amide bonds. The van der Waals surface area contributed by atoms with Crippen LogP contribution in [-0.2, 0) is 11.3 Å². The van der Waals surface area contributed by atoms with Gasteiger partial charge in [0.2, 0.25) is 5.95 Å². The van der Waals surface area contributed by atoms with Crippen LogP contribution in [-0.4, -0.2) is 44.3 Å². The van der Waals surface area contributed by atoms with E-state index in [2.05, 4.69) is 57.8 Å². The van der Waals surface area contributed by atoms with Gasteiger partial charge in [0.15, 0.2) is 0 Å². The molecule has 7 rings (SSSR count). The lowest BCUT2D eigenvalue weighted by atomic mass is 9.83. The molecular formula is C35H37ClN6O. The normalized spacial score (nSPS) is 20.9. The van der Waals surface area contributed by atoms with E-state index < -0.39 is 0 Å². The minimum atomic E-state index is 0.0686. The van der Waals surface area contributed by atoms with Crippen molar-refractivity contribution in [3.8, 4) is 22.6 Å². The zero-order valence-corrected chi connectivity index (χ0v) is 25.5. The number of morpholine rings is 1. The van der Waals surface area contributed by atoms with Gasteiger partial charge in [-0.3, -0.25) is 9.97 Å². The molecule has 1 saturated heterocycles. The van der Waals surface area contributed by atoms with Crippen LogP contribution in [0.4, 0.5) is 5.95 Å². The second kappa shape index (κ2) is 12.1. The summed E-state index contributed by atoms with van der Waals surface area (Å²) >= 11 is 6.50. The molecule has 0 unspecified atom stereocenters. The van der Waals surface area contributed by atoms with Crippen LogP contribution in [0, 0.1) is 18.8 Å². The van der Waals surface area contributed by atoms with Gasteiger partial charge in [0.25, 0.3) is 0 Å². The molecule has 0 bridgehead atoms. The van der Waals surface area contributed by atoms with Crippen LogP contribution in [0.5, 0.6) is 0 Å². The van der Waals surface area contributed by atoms with Crippen molar-refractivity contribution >= 4 is 28.6 Å². The first kappa shape index (κ1) is 28.0. The lowest BCUT2D eigenvalue weighted by molar-refractivity contribution is 0.0927. The van der Waals surface area contributed by atoms with Crippen molar-refractivity contribution < 1.29 is 4.74 Å². The number of anilines is 1. The van der Waals surface area contributed by atoms with Gasteiger partial charge >= 0.3 is 0 Å². The van der Waals surface area contributed by atoms with Crippen molar-refractivity contribution in [3.63, 3.8) is 0 Å². The number of hydrogen-bond donors (Lipinski definition) is 0. The number of hydrogen-bond acceptors (Lipinski definition) is 6. The monoisotopic (exact) mass is 592 g/mol. The maximum Gasteiger partial charge on any atom is 0.207 e. The zero-order valence-electron chi connectivity index (χ0n) is 24.8. The molecule has 0 N–H and O–H groups in total. The highest BCUT2D eigenvalue weighted by molar-refractivity contribution is 6.30. The van der Waals surface area contributed by atoms with Crippen LogP contribution in [0.2, 0.25) is 5.02 Å². The number of nitrogens with zero attached hydrogens (tertiary/aromatic N) is 6. The molecule has 1 aromatic carbocycles. The van der Waals surface area contributed by atoms with Crippen molar-refractivity contribution in [2.45, 2.75) is 52.1 Å². The van der Waals surface area contributed by atoms with Crippen molar-refractivity contribution in [3.05, 3.63) is 89.3 Å². The predicted octanol–water partition coefficient (Wildman–Crippen LogP) is 7.92. The number of halogens is 1. The van der Waals surface area contributed by atoms with Gasteiger partial charge in [-0.1, -0.05) is 67.8 Å². The van der Waals surface area contributed by atoms with E-state index in [4.69, 9.17) is 31.3 Å². The molecule has 43 heavy (non-hydrogen) atoms. The Kier molecular flexibility index (Phi) is 7.85. The van der Waals surface area contributed by atoms with Gasteiger partial charge in [-0.2, -0.15) is 0 Å². The Morgan fingerprint density at radius 2 is 1.74 bits per heavy atom. The minimum absolute atomic E-state index is 0.0686. The number of pyridine rings is 3. The summed E-state index contributed by atoms with van der Waals surface area (Å²) in [4.78, 5) is 22.4. The second-order valence-corrected chi connectivity index (χ2v) is 12.6. The average Bonchev–Trinajstić information content (AvgIpc) is 3.40. The fourth-order valence-corrected chi connectivity index (χ4v) is 6.83. The molecule has 8 heteroatoms. The van der Waals surface area contributed by atoms with Gasteiger partial charge in [-0.25, -0.2) is 9.97 Å². The summed E-state index contributed by atoms with van der Waals surface area (Å²) in [6.07, 6.45) is 8.49. The number of ether oxygens (including phenoxy) is 1. The third kappa shape index (κ3) is 5.76. The average molecular weight is 593 g/mol. The van der Waals surface area contributed by atoms with E-state index >= 15 is 0 Å². The van der Waals surface area contributed by atoms with Crippen LogP contribution < -0.4 is 4.90 Å². The molecule has 1 saturated carbocycles. The topological polar surface area (TPSA) is 69.0 Å². The summed E-state index contributed by atoms with van der Waals surface area (Å²) in [6, 6.07) is 20.8. The highest BCUT2D eigenvalue weighted by atomic mass is 35.5. The van der Waals surface area contributed by atoms with Crippen molar-refractivity contribution in [1.29, 1.82) is 0 Å². The Bertz CT molecular complexity index is 1730. The Balaban J connectivity index is 1.46. The molecule has 0 radical (unpaired) electrons. The van der Waals surface area contributed by atoms with Crippen molar-refractivity contribution in [1.82, 2.24) is 24.5 Å². The number of fused-ring (bicyclic) bond motifs is 1. The molecule has 4 aromatic heterocycles. The fraction of sp³-hybridized carbons (Fsp3) is 0.371. The Morgan fingerprint density at radius 3 is 2.53 bits per heavy atom. The van der Waals surface area contributed by atoms with Crippen molar-refractivity contribution in [2.75, 3.05) is 24.7 Å². The second-order valence-electron chi connectivity index (χ2n) is 12.1. The molecule has 5 heterocycles. The Hall–Kier alpha value is -3.81. The van der Waals surface area contributed by atoms with Gasteiger partial charge in [-0.05, 0) is 61.4 Å². The highest BCUT2D eigenvalue weighted by Gasteiger charge is 2.32. The summed E-state index contributed by atoms with van der Waals surface area (Å²) in [5.74, 6) is 2.33.